The molecule has 0 radical (unpaired) electrons. The summed E-state index contributed by atoms with van der Waals surface area (Å²) in [5, 5.41) is 36.9. The molecule has 0 aromatic rings. The van der Waals surface area contributed by atoms with Gasteiger partial charge in [-0.2, -0.15) is 0 Å². The number of hydrogen-bond acceptors (Lipinski definition) is 5. The predicted octanol–water partition coefficient (Wildman–Crippen LogP) is -0.678. The fourth-order valence-electron chi connectivity index (χ4n) is 1.08. The number of aliphatic imine (C=N–C) groups is 1. The summed E-state index contributed by atoms with van der Waals surface area (Å²) in [6, 6.07) is 0. The molecular formula is C10H21NO4. The molecule has 0 aliphatic heterocycles. The molecule has 0 aliphatic rings. The van der Waals surface area contributed by atoms with Gasteiger partial charge in [0, 0.05) is 6.54 Å². The van der Waals surface area contributed by atoms with E-state index in [2.05, 4.69) is 4.99 Å². The Kier molecular flexibility index (Phi) is 7.50. The zero-order valence-corrected chi connectivity index (χ0v) is 9.30. The van der Waals surface area contributed by atoms with Crippen molar-refractivity contribution in [2.45, 2.75) is 45.0 Å². The molecule has 0 aromatic heterocycles. The van der Waals surface area contributed by atoms with Crippen LogP contribution < -0.4 is 0 Å². The zero-order valence-electron chi connectivity index (χ0n) is 9.30. The normalized spacial score (nSPS) is 18.7. The molecule has 0 rings (SSSR count). The van der Waals surface area contributed by atoms with Crippen LogP contribution in [0.5, 0.6) is 0 Å². The molecule has 0 heterocycles. The second-order valence-corrected chi connectivity index (χ2v) is 3.56. The second kappa shape index (κ2) is 7.76. The fourth-order valence-corrected chi connectivity index (χ4v) is 1.08. The number of hydrogen-bond donors (Lipinski definition) is 4. The lowest BCUT2D eigenvalue weighted by Gasteiger charge is -2.20. The SMILES string of the molecule is CCCCN=C(CO)[C@H](O)[C@H](O)[C@H](C)O. The van der Waals surface area contributed by atoms with Crippen LogP contribution in [-0.4, -0.2) is 57.6 Å². The molecule has 4 N–H and O–H groups in total. The first kappa shape index (κ1) is 14.5. The minimum atomic E-state index is -1.31. The molecule has 0 saturated carbocycles. The molecule has 0 aromatic carbocycles. The summed E-state index contributed by atoms with van der Waals surface area (Å²) in [6.45, 7) is 3.48. The quantitative estimate of drug-likeness (QED) is 0.337. The Balaban J connectivity index is 4.32. The van der Waals surface area contributed by atoms with E-state index in [0.29, 0.717) is 6.54 Å². The summed E-state index contributed by atoms with van der Waals surface area (Å²) in [5.74, 6) is 0. The second-order valence-electron chi connectivity index (χ2n) is 3.56. The van der Waals surface area contributed by atoms with Crippen molar-refractivity contribution in [3.63, 3.8) is 0 Å². The molecule has 0 bridgehead atoms. The molecular weight excluding hydrogens is 198 g/mol. The van der Waals surface area contributed by atoms with Crippen LogP contribution in [0.3, 0.4) is 0 Å². The van der Waals surface area contributed by atoms with E-state index in [-0.39, 0.29) is 5.71 Å². The molecule has 0 spiro atoms. The molecule has 0 fully saturated rings. The van der Waals surface area contributed by atoms with Gasteiger partial charge in [0.2, 0.25) is 0 Å². The van der Waals surface area contributed by atoms with Crippen LogP contribution in [0.4, 0.5) is 0 Å². The minimum absolute atomic E-state index is 0.122. The maximum absolute atomic E-state index is 9.55. The highest BCUT2D eigenvalue weighted by atomic mass is 16.4. The van der Waals surface area contributed by atoms with Crippen LogP contribution in [0.2, 0.25) is 0 Å². The molecule has 0 amide bonds. The van der Waals surface area contributed by atoms with Crippen molar-refractivity contribution < 1.29 is 20.4 Å². The molecule has 0 saturated heterocycles. The summed E-state index contributed by atoms with van der Waals surface area (Å²) in [5.41, 5.74) is 0.122. The molecule has 15 heavy (non-hydrogen) atoms. The molecule has 0 aliphatic carbocycles. The van der Waals surface area contributed by atoms with E-state index in [4.69, 9.17) is 10.2 Å². The van der Waals surface area contributed by atoms with E-state index in [0.717, 1.165) is 12.8 Å². The lowest BCUT2D eigenvalue weighted by Crippen LogP contribution is -2.42. The van der Waals surface area contributed by atoms with Crippen LogP contribution in [0, 0.1) is 0 Å². The smallest absolute Gasteiger partial charge is 0.122 e. The van der Waals surface area contributed by atoms with Gasteiger partial charge in [-0.15, -0.1) is 0 Å². The van der Waals surface area contributed by atoms with Gasteiger partial charge in [-0.3, -0.25) is 4.99 Å². The first-order chi connectivity index (χ1) is 7.04. The molecule has 5 nitrogen and oxygen atoms in total. The summed E-state index contributed by atoms with van der Waals surface area (Å²) in [6.07, 6.45) is -1.83. The lowest BCUT2D eigenvalue weighted by molar-refractivity contribution is -0.0271. The molecule has 90 valence electrons. The van der Waals surface area contributed by atoms with Gasteiger partial charge in [0.1, 0.15) is 12.2 Å². The lowest BCUT2D eigenvalue weighted by atomic mass is 10.1. The van der Waals surface area contributed by atoms with Crippen molar-refractivity contribution >= 4 is 5.71 Å². The Morgan fingerprint density at radius 1 is 1.27 bits per heavy atom. The number of unbranched alkanes of at least 4 members (excludes halogenated alkanes) is 1. The van der Waals surface area contributed by atoms with Crippen LogP contribution in [0.15, 0.2) is 4.99 Å². The minimum Gasteiger partial charge on any atom is -0.391 e. The highest BCUT2D eigenvalue weighted by Gasteiger charge is 2.25. The topological polar surface area (TPSA) is 93.3 Å². The van der Waals surface area contributed by atoms with Crippen LogP contribution in [0.25, 0.3) is 0 Å². The van der Waals surface area contributed by atoms with Crippen LogP contribution in [-0.2, 0) is 0 Å². The van der Waals surface area contributed by atoms with Gasteiger partial charge in [-0.25, -0.2) is 0 Å². The van der Waals surface area contributed by atoms with Crippen molar-refractivity contribution in [2.75, 3.05) is 13.2 Å². The third kappa shape index (κ3) is 5.22. The number of aliphatic hydroxyl groups excluding tert-OH is 4. The largest absolute Gasteiger partial charge is 0.391 e. The Labute approximate surface area is 90.1 Å². The van der Waals surface area contributed by atoms with E-state index in [1.807, 2.05) is 6.92 Å². The van der Waals surface area contributed by atoms with Crippen molar-refractivity contribution in [2.24, 2.45) is 4.99 Å². The monoisotopic (exact) mass is 219 g/mol. The fraction of sp³-hybridized carbons (Fsp3) is 0.900. The van der Waals surface area contributed by atoms with Gasteiger partial charge in [0.15, 0.2) is 0 Å². The van der Waals surface area contributed by atoms with Gasteiger partial charge < -0.3 is 20.4 Å². The predicted molar refractivity (Wildman–Crippen MR) is 58.0 cm³/mol. The zero-order chi connectivity index (χ0) is 11.8. The summed E-state index contributed by atoms with van der Waals surface area (Å²) in [7, 11) is 0. The Bertz CT molecular complexity index is 194. The van der Waals surface area contributed by atoms with Crippen molar-refractivity contribution in [3.05, 3.63) is 0 Å². The summed E-state index contributed by atoms with van der Waals surface area (Å²) in [4.78, 5) is 3.98. The first-order valence-electron chi connectivity index (χ1n) is 5.22. The van der Waals surface area contributed by atoms with E-state index in [1.165, 1.54) is 6.92 Å². The summed E-state index contributed by atoms with van der Waals surface area (Å²) >= 11 is 0. The third-order valence-corrected chi connectivity index (χ3v) is 2.15. The maximum atomic E-state index is 9.55. The average molecular weight is 219 g/mol. The van der Waals surface area contributed by atoms with Crippen molar-refractivity contribution in [3.8, 4) is 0 Å². The van der Waals surface area contributed by atoms with Gasteiger partial charge in [-0.05, 0) is 13.3 Å². The number of rotatable bonds is 7. The first-order valence-corrected chi connectivity index (χ1v) is 5.22. The third-order valence-electron chi connectivity index (χ3n) is 2.15. The van der Waals surface area contributed by atoms with Crippen LogP contribution >= 0.6 is 0 Å². The van der Waals surface area contributed by atoms with E-state index < -0.39 is 24.9 Å². The number of nitrogens with zero attached hydrogens (tertiary/aromatic N) is 1. The Morgan fingerprint density at radius 2 is 1.87 bits per heavy atom. The summed E-state index contributed by atoms with van der Waals surface area (Å²) < 4.78 is 0. The highest BCUT2D eigenvalue weighted by molar-refractivity contribution is 5.90. The van der Waals surface area contributed by atoms with E-state index in [1.54, 1.807) is 0 Å². The maximum Gasteiger partial charge on any atom is 0.122 e. The average Bonchev–Trinajstić information content (AvgIpc) is 2.22. The van der Waals surface area contributed by atoms with Gasteiger partial charge in [-0.1, -0.05) is 13.3 Å². The van der Waals surface area contributed by atoms with Gasteiger partial charge >= 0.3 is 0 Å². The van der Waals surface area contributed by atoms with Crippen molar-refractivity contribution in [1.29, 1.82) is 0 Å². The van der Waals surface area contributed by atoms with Gasteiger partial charge in [0.25, 0.3) is 0 Å². The standard InChI is InChI=1S/C10H21NO4/c1-3-4-5-11-8(6-12)10(15)9(14)7(2)13/h7,9-10,12-15H,3-6H2,1-2H3/t7-,9+,10-/m0/s1. The highest BCUT2D eigenvalue weighted by Crippen LogP contribution is 2.03. The van der Waals surface area contributed by atoms with Crippen LogP contribution in [0.1, 0.15) is 26.7 Å². The molecule has 5 heteroatoms. The van der Waals surface area contributed by atoms with E-state index in [9.17, 15) is 10.2 Å². The Hall–Kier alpha value is -0.490. The molecule has 0 unspecified atom stereocenters. The van der Waals surface area contributed by atoms with Gasteiger partial charge in [0.05, 0.1) is 18.4 Å². The van der Waals surface area contributed by atoms with Crippen molar-refractivity contribution in [1.82, 2.24) is 0 Å². The number of aliphatic hydroxyl groups is 4. The molecule has 3 atom stereocenters. The Morgan fingerprint density at radius 3 is 2.27 bits per heavy atom. The van der Waals surface area contributed by atoms with E-state index >= 15 is 0 Å².